The van der Waals surface area contributed by atoms with E-state index < -0.39 is 0 Å². The van der Waals surface area contributed by atoms with Crippen LogP contribution >= 0.6 is 0 Å². The third-order valence-corrected chi connectivity index (χ3v) is 3.63. The summed E-state index contributed by atoms with van der Waals surface area (Å²) in [6.45, 7) is 3.53. The number of phenolic OH excluding ortho intramolecular Hbond substituents is 1. The molecule has 3 N–H and O–H groups in total. The van der Waals surface area contributed by atoms with Crippen LogP contribution in [0.1, 0.15) is 24.8 Å². The van der Waals surface area contributed by atoms with Crippen LogP contribution in [-0.4, -0.2) is 29.6 Å². The predicted molar refractivity (Wildman–Crippen MR) is 69.7 cm³/mol. The van der Waals surface area contributed by atoms with E-state index in [9.17, 15) is 9.50 Å². The van der Waals surface area contributed by atoms with Crippen molar-refractivity contribution >= 4 is 0 Å². The molecule has 0 saturated carbocycles. The number of nitrogens with two attached hydrogens (primary N) is 1. The molecule has 0 unspecified atom stereocenters. The van der Waals surface area contributed by atoms with Gasteiger partial charge in [0, 0.05) is 12.6 Å². The molecular weight excluding hydrogens is 231 g/mol. The number of nitrogens with zero attached hydrogens (tertiary/aromatic N) is 1. The summed E-state index contributed by atoms with van der Waals surface area (Å²) in [6, 6.07) is 4.26. The highest BCUT2D eigenvalue weighted by atomic mass is 19.1. The molecule has 0 atom stereocenters. The molecule has 1 fully saturated rings. The second-order valence-corrected chi connectivity index (χ2v) is 5.11. The molecule has 0 aromatic heterocycles. The van der Waals surface area contributed by atoms with Gasteiger partial charge in [-0.2, -0.15) is 0 Å². The van der Waals surface area contributed by atoms with Gasteiger partial charge < -0.3 is 10.8 Å². The molecule has 0 amide bonds. The van der Waals surface area contributed by atoms with E-state index in [2.05, 4.69) is 4.90 Å². The van der Waals surface area contributed by atoms with Crippen molar-refractivity contribution in [1.82, 2.24) is 4.90 Å². The van der Waals surface area contributed by atoms with Gasteiger partial charge in [-0.15, -0.1) is 0 Å². The van der Waals surface area contributed by atoms with Crippen molar-refractivity contribution in [2.45, 2.75) is 25.8 Å². The van der Waals surface area contributed by atoms with Crippen molar-refractivity contribution in [3.63, 3.8) is 0 Å². The Balaban J connectivity index is 1.87. The Hall–Kier alpha value is -1.13. The van der Waals surface area contributed by atoms with Gasteiger partial charge >= 0.3 is 0 Å². The lowest BCUT2D eigenvalue weighted by Crippen LogP contribution is -2.33. The second-order valence-electron chi connectivity index (χ2n) is 5.11. The molecule has 0 aliphatic carbocycles. The van der Waals surface area contributed by atoms with Gasteiger partial charge in [-0.25, -0.2) is 4.39 Å². The van der Waals surface area contributed by atoms with Crippen LogP contribution in [0.3, 0.4) is 0 Å². The Kier molecular flexibility index (Phi) is 4.55. The van der Waals surface area contributed by atoms with Crippen molar-refractivity contribution < 1.29 is 9.50 Å². The van der Waals surface area contributed by atoms with E-state index in [0.717, 1.165) is 43.6 Å². The number of hydrogen-bond acceptors (Lipinski definition) is 3. The Labute approximate surface area is 107 Å². The van der Waals surface area contributed by atoms with Gasteiger partial charge in [0.2, 0.25) is 0 Å². The number of hydrogen-bond donors (Lipinski definition) is 2. The van der Waals surface area contributed by atoms with Crippen LogP contribution in [0.5, 0.6) is 5.75 Å². The zero-order valence-corrected chi connectivity index (χ0v) is 10.6. The molecule has 3 nitrogen and oxygen atoms in total. The van der Waals surface area contributed by atoms with E-state index in [-0.39, 0.29) is 11.6 Å². The summed E-state index contributed by atoms with van der Waals surface area (Å²) in [7, 11) is 0. The van der Waals surface area contributed by atoms with Gasteiger partial charge in [0.05, 0.1) is 0 Å². The number of rotatable bonds is 4. The fraction of sp³-hybridized carbons (Fsp3) is 0.571. The third kappa shape index (κ3) is 3.68. The first-order valence-corrected chi connectivity index (χ1v) is 6.58. The average molecular weight is 252 g/mol. The zero-order valence-electron chi connectivity index (χ0n) is 10.6. The maximum Gasteiger partial charge on any atom is 0.127 e. The summed E-state index contributed by atoms with van der Waals surface area (Å²) >= 11 is 0. The van der Waals surface area contributed by atoms with Crippen LogP contribution in [0.15, 0.2) is 18.2 Å². The molecule has 0 bridgehead atoms. The third-order valence-electron chi connectivity index (χ3n) is 3.63. The Morgan fingerprint density at radius 2 is 2.00 bits per heavy atom. The fourth-order valence-electron chi connectivity index (χ4n) is 2.65. The maximum atomic E-state index is 13.2. The van der Waals surface area contributed by atoms with Crippen molar-refractivity contribution in [3.05, 3.63) is 29.6 Å². The van der Waals surface area contributed by atoms with Crippen molar-refractivity contribution in [2.75, 3.05) is 19.6 Å². The van der Waals surface area contributed by atoms with Crippen LogP contribution in [0.25, 0.3) is 0 Å². The molecule has 1 saturated heterocycles. The minimum atomic E-state index is -0.372. The first-order chi connectivity index (χ1) is 8.67. The number of likely N-dealkylation sites (tertiary alicyclic amines) is 1. The molecule has 1 aromatic rings. The summed E-state index contributed by atoms with van der Waals surface area (Å²) in [4.78, 5) is 2.31. The molecule has 18 heavy (non-hydrogen) atoms. The van der Waals surface area contributed by atoms with Crippen LogP contribution < -0.4 is 5.73 Å². The molecule has 1 heterocycles. The smallest absolute Gasteiger partial charge is 0.127 e. The maximum absolute atomic E-state index is 13.2. The lowest BCUT2D eigenvalue weighted by molar-refractivity contribution is 0.173. The SMILES string of the molecule is NCCC1CCN(Cc2cc(O)cc(F)c2)CC1. The standard InChI is InChI=1S/C14H21FN2O/c15-13-7-12(8-14(18)9-13)10-17-5-2-11(1-4-16)3-6-17/h7-9,11,18H,1-6,10,16H2. The summed E-state index contributed by atoms with van der Waals surface area (Å²) in [5, 5.41) is 9.36. The average Bonchev–Trinajstić information content (AvgIpc) is 2.31. The molecule has 1 aromatic carbocycles. The number of piperidine rings is 1. The van der Waals surface area contributed by atoms with Crippen LogP contribution in [0.2, 0.25) is 0 Å². The first kappa shape index (κ1) is 13.3. The Morgan fingerprint density at radius 3 is 2.61 bits per heavy atom. The molecule has 0 spiro atoms. The van der Waals surface area contributed by atoms with Crippen molar-refractivity contribution in [1.29, 1.82) is 0 Å². The van der Waals surface area contributed by atoms with Gasteiger partial charge in [0.25, 0.3) is 0 Å². The monoisotopic (exact) mass is 252 g/mol. The van der Waals surface area contributed by atoms with Gasteiger partial charge in [-0.1, -0.05) is 0 Å². The quantitative estimate of drug-likeness (QED) is 0.862. The van der Waals surface area contributed by atoms with Crippen LogP contribution in [-0.2, 0) is 6.54 Å². The molecular formula is C14H21FN2O. The van der Waals surface area contributed by atoms with E-state index in [1.54, 1.807) is 6.07 Å². The molecule has 4 heteroatoms. The molecule has 0 radical (unpaired) electrons. The first-order valence-electron chi connectivity index (χ1n) is 6.58. The zero-order chi connectivity index (χ0) is 13.0. The van der Waals surface area contributed by atoms with E-state index in [1.807, 2.05) is 0 Å². The minimum Gasteiger partial charge on any atom is -0.508 e. The summed E-state index contributed by atoms with van der Waals surface area (Å²) < 4.78 is 13.2. The second kappa shape index (κ2) is 6.16. The number of benzene rings is 1. The highest BCUT2D eigenvalue weighted by Crippen LogP contribution is 2.22. The molecule has 100 valence electrons. The lowest BCUT2D eigenvalue weighted by atomic mass is 9.93. The predicted octanol–water partition coefficient (Wildman–Crippen LogP) is 2.09. The highest BCUT2D eigenvalue weighted by molar-refractivity contribution is 5.28. The molecule has 1 aliphatic heterocycles. The van der Waals surface area contributed by atoms with E-state index >= 15 is 0 Å². The van der Waals surface area contributed by atoms with E-state index in [0.29, 0.717) is 6.54 Å². The van der Waals surface area contributed by atoms with Crippen molar-refractivity contribution in [3.8, 4) is 5.75 Å². The van der Waals surface area contributed by atoms with Crippen molar-refractivity contribution in [2.24, 2.45) is 11.7 Å². The Morgan fingerprint density at radius 1 is 1.28 bits per heavy atom. The summed E-state index contributed by atoms with van der Waals surface area (Å²) in [5.74, 6) is 0.373. The molecule has 2 rings (SSSR count). The van der Waals surface area contributed by atoms with E-state index in [4.69, 9.17) is 5.73 Å². The van der Waals surface area contributed by atoms with E-state index in [1.165, 1.54) is 18.9 Å². The minimum absolute atomic E-state index is 0.00279. The molecule has 1 aliphatic rings. The lowest BCUT2D eigenvalue weighted by Gasteiger charge is -2.31. The largest absolute Gasteiger partial charge is 0.508 e. The van der Waals surface area contributed by atoms with Gasteiger partial charge in [-0.3, -0.25) is 4.90 Å². The number of halogens is 1. The van der Waals surface area contributed by atoms with Crippen LogP contribution in [0, 0.1) is 11.7 Å². The number of aromatic hydroxyl groups is 1. The van der Waals surface area contributed by atoms with Crippen LogP contribution in [0.4, 0.5) is 4.39 Å². The Bertz CT molecular complexity index is 369. The summed E-state index contributed by atoms with van der Waals surface area (Å²) in [5.41, 5.74) is 6.41. The topological polar surface area (TPSA) is 49.5 Å². The number of phenols is 1. The van der Waals surface area contributed by atoms with Gasteiger partial charge in [0.1, 0.15) is 11.6 Å². The normalized spacial score (nSPS) is 18.1. The summed E-state index contributed by atoms with van der Waals surface area (Å²) in [6.07, 6.45) is 3.44. The fourth-order valence-corrected chi connectivity index (χ4v) is 2.65. The van der Waals surface area contributed by atoms with Gasteiger partial charge in [0.15, 0.2) is 0 Å². The van der Waals surface area contributed by atoms with Gasteiger partial charge in [-0.05, 0) is 62.5 Å². The highest BCUT2D eigenvalue weighted by Gasteiger charge is 2.18.